The molecule has 76 valence electrons. The van der Waals surface area contributed by atoms with E-state index in [1.54, 1.807) is 0 Å². The standard InChI is InChI=1S/C8H7F2NO2S/c9-7-3-1-2-6(8(7)10)4-5-14(11,12)13/h1-5H,(H2,11,12,13)/b5-4+. The van der Waals surface area contributed by atoms with Gasteiger partial charge in [-0.25, -0.2) is 22.3 Å². The van der Waals surface area contributed by atoms with Gasteiger partial charge in [0, 0.05) is 11.0 Å². The maximum atomic E-state index is 12.9. The molecule has 0 atom stereocenters. The fourth-order valence-corrected chi connectivity index (χ4v) is 1.15. The average Bonchev–Trinajstić information content (AvgIpc) is 2.06. The summed E-state index contributed by atoms with van der Waals surface area (Å²) in [4.78, 5) is 0. The minimum Gasteiger partial charge on any atom is -0.225 e. The molecule has 0 saturated carbocycles. The number of hydrogen-bond acceptors (Lipinski definition) is 2. The molecule has 0 aliphatic carbocycles. The van der Waals surface area contributed by atoms with Gasteiger partial charge in [0.15, 0.2) is 11.6 Å². The van der Waals surface area contributed by atoms with Crippen LogP contribution in [-0.4, -0.2) is 8.42 Å². The van der Waals surface area contributed by atoms with Gasteiger partial charge in [0.2, 0.25) is 10.0 Å². The van der Waals surface area contributed by atoms with Gasteiger partial charge in [-0.3, -0.25) is 0 Å². The number of nitrogens with two attached hydrogens (primary N) is 1. The highest BCUT2D eigenvalue weighted by atomic mass is 32.2. The van der Waals surface area contributed by atoms with Crippen molar-refractivity contribution in [2.45, 2.75) is 0 Å². The molecular formula is C8H7F2NO2S. The molecule has 0 aliphatic heterocycles. The summed E-state index contributed by atoms with van der Waals surface area (Å²) in [5.74, 6) is -2.14. The minimum atomic E-state index is -3.82. The molecule has 0 amide bonds. The Bertz CT molecular complexity index is 468. The number of hydrogen-bond donors (Lipinski definition) is 1. The van der Waals surface area contributed by atoms with Crippen LogP contribution in [0.1, 0.15) is 5.56 Å². The molecule has 1 rings (SSSR count). The number of sulfonamides is 1. The fourth-order valence-electron chi connectivity index (χ4n) is 0.817. The molecule has 1 aromatic carbocycles. The Morgan fingerprint density at radius 2 is 1.93 bits per heavy atom. The third-order valence-corrected chi connectivity index (χ3v) is 1.93. The lowest BCUT2D eigenvalue weighted by atomic mass is 10.2. The van der Waals surface area contributed by atoms with Crippen LogP contribution >= 0.6 is 0 Å². The van der Waals surface area contributed by atoms with Gasteiger partial charge in [-0.05, 0) is 12.1 Å². The Balaban J connectivity index is 3.11. The molecule has 1 aromatic rings. The maximum absolute atomic E-state index is 12.9. The van der Waals surface area contributed by atoms with Gasteiger partial charge < -0.3 is 0 Å². The monoisotopic (exact) mass is 219 g/mol. The summed E-state index contributed by atoms with van der Waals surface area (Å²) >= 11 is 0. The first kappa shape index (κ1) is 10.8. The molecule has 3 nitrogen and oxygen atoms in total. The normalized spacial score (nSPS) is 12.2. The number of benzene rings is 1. The Labute approximate surface area is 79.9 Å². The van der Waals surface area contributed by atoms with Crippen LogP contribution in [0.5, 0.6) is 0 Å². The summed E-state index contributed by atoms with van der Waals surface area (Å²) in [7, 11) is -3.82. The topological polar surface area (TPSA) is 60.2 Å². The predicted molar refractivity (Wildman–Crippen MR) is 48.5 cm³/mol. The second kappa shape index (κ2) is 3.85. The van der Waals surface area contributed by atoms with Crippen molar-refractivity contribution in [2.75, 3.05) is 0 Å². The lowest BCUT2D eigenvalue weighted by Crippen LogP contribution is -2.06. The Morgan fingerprint density at radius 3 is 2.50 bits per heavy atom. The molecule has 0 unspecified atom stereocenters. The smallest absolute Gasteiger partial charge is 0.225 e. The van der Waals surface area contributed by atoms with E-state index < -0.39 is 21.7 Å². The zero-order chi connectivity index (χ0) is 10.8. The molecule has 0 saturated heterocycles. The number of halogens is 2. The van der Waals surface area contributed by atoms with Gasteiger partial charge in [-0.1, -0.05) is 12.1 Å². The van der Waals surface area contributed by atoms with Gasteiger partial charge in [0.25, 0.3) is 0 Å². The molecular weight excluding hydrogens is 212 g/mol. The number of rotatable bonds is 2. The van der Waals surface area contributed by atoms with Crippen molar-refractivity contribution >= 4 is 16.1 Å². The van der Waals surface area contributed by atoms with Gasteiger partial charge in [-0.2, -0.15) is 0 Å². The second-order valence-electron chi connectivity index (χ2n) is 2.53. The van der Waals surface area contributed by atoms with E-state index in [4.69, 9.17) is 0 Å². The molecule has 0 fully saturated rings. The fraction of sp³-hybridized carbons (Fsp3) is 0. The van der Waals surface area contributed by atoms with E-state index in [1.165, 1.54) is 12.1 Å². The average molecular weight is 219 g/mol. The van der Waals surface area contributed by atoms with Crippen LogP contribution in [0, 0.1) is 11.6 Å². The highest BCUT2D eigenvalue weighted by molar-refractivity contribution is 7.92. The van der Waals surface area contributed by atoms with Crippen molar-refractivity contribution in [3.63, 3.8) is 0 Å². The van der Waals surface area contributed by atoms with E-state index in [0.29, 0.717) is 5.41 Å². The minimum absolute atomic E-state index is 0.168. The Hall–Kier alpha value is -1.27. The highest BCUT2D eigenvalue weighted by Gasteiger charge is 2.05. The summed E-state index contributed by atoms with van der Waals surface area (Å²) in [5, 5.41) is 5.24. The molecule has 6 heteroatoms. The Morgan fingerprint density at radius 1 is 1.29 bits per heavy atom. The van der Waals surface area contributed by atoms with E-state index in [2.05, 4.69) is 5.14 Å². The van der Waals surface area contributed by atoms with Crippen LogP contribution in [0.15, 0.2) is 23.6 Å². The third kappa shape index (κ3) is 2.90. The molecule has 0 aromatic heterocycles. The van der Waals surface area contributed by atoms with E-state index in [0.717, 1.165) is 12.1 Å². The van der Waals surface area contributed by atoms with Crippen LogP contribution in [0.3, 0.4) is 0 Å². The molecule has 0 spiro atoms. The van der Waals surface area contributed by atoms with Crippen LogP contribution in [0.2, 0.25) is 0 Å². The highest BCUT2D eigenvalue weighted by Crippen LogP contribution is 2.12. The second-order valence-corrected chi connectivity index (χ2v) is 3.99. The summed E-state index contributed by atoms with van der Waals surface area (Å²) < 4.78 is 46.5. The van der Waals surface area contributed by atoms with Crippen molar-refractivity contribution < 1.29 is 17.2 Å². The largest absolute Gasteiger partial charge is 0.231 e. The molecule has 0 heterocycles. The molecule has 0 bridgehead atoms. The first-order chi connectivity index (χ1) is 6.40. The van der Waals surface area contributed by atoms with Crippen LogP contribution < -0.4 is 5.14 Å². The van der Waals surface area contributed by atoms with Gasteiger partial charge in [0.1, 0.15) is 0 Å². The summed E-state index contributed by atoms with van der Waals surface area (Å²) in [6.07, 6.45) is 0.897. The third-order valence-electron chi connectivity index (χ3n) is 1.42. The van der Waals surface area contributed by atoms with Crippen molar-refractivity contribution in [2.24, 2.45) is 5.14 Å². The quantitative estimate of drug-likeness (QED) is 0.813. The van der Waals surface area contributed by atoms with Crippen molar-refractivity contribution in [1.82, 2.24) is 0 Å². The zero-order valence-corrected chi connectivity index (χ0v) is 7.76. The van der Waals surface area contributed by atoms with Crippen LogP contribution in [0.25, 0.3) is 6.08 Å². The molecule has 0 aliphatic rings. The van der Waals surface area contributed by atoms with Crippen LogP contribution in [-0.2, 0) is 10.0 Å². The van der Waals surface area contributed by atoms with Crippen LogP contribution in [0.4, 0.5) is 8.78 Å². The summed E-state index contributed by atoms with van der Waals surface area (Å²) in [5.41, 5.74) is -0.168. The van der Waals surface area contributed by atoms with Crippen molar-refractivity contribution in [3.05, 3.63) is 40.8 Å². The Kier molecular flexibility index (Phi) is 2.97. The van der Waals surface area contributed by atoms with Crippen molar-refractivity contribution in [3.8, 4) is 0 Å². The first-order valence-corrected chi connectivity index (χ1v) is 5.16. The summed E-state index contributed by atoms with van der Waals surface area (Å²) in [6.45, 7) is 0. The van der Waals surface area contributed by atoms with Gasteiger partial charge >= 0.3 is 0 Å². The first-order valence-electron chi connectivity index (χ1n) is 3.55. The van der Waals surface area contributed by atoms with E-state index in [9.17, 15) is 17.2 Å². The maximum Gasteiger partial charge on any atom is 0.231 e. The van der Waals surface area contributed by atoms with Crippen molar-refractivity contribution in [1.29, 1.82) is 0 Å². The molecule has 0 radical (unpaired) electrons. The van der Waals surface area contributed by atoms with Gasteiger partial charge in [0.05, 0.1) is 0 Å². The van der Waals surface area contributed by atoms with E-state index in [-0.39, 0.29) is 5.56 Å². The molecule has 2 N–H and O–H groups in total. The zero-order valence-electron chi connectivity index (χ0n) is 6.94. The lowest BCUT2D eigenvalue weighted by Gasteiger charge is -1.96. The number of primary sulfonamides is 1. The van der Waals surface area contributed by atoms with Gasteiger partial charge in [-0.15, -0.1) is 0 Å². The van der Waals surface area contributed by atoms with E-state index >= 15 is 0 Å². The van der Waals surface area contributed by atoms with E-state index in [1.807, 2.05) is 0 Å². The summed E-state index contributed by atoms with van der Waals surface area (Å²) in [6, 6.07) is 3.44. The lowest BCUT2D eigenvalue weighted by molar-refractivity contribution is 0.507. The molecule has 14 heavy (non-hydrogen) atoms. The SMILES string of the molecule is NS(=O)(=O)/C=C/c1cccc(F)c1F. The predicted octanol–water partition coefficient (Wildman–Crippen LogP) is 1.22.